The van der Waals surface area contributed by atoms with Gasteiger partial charge in [0.2, 0.25) is 0 Å². The quantitative estimate of drug-likeness (QED) is 0.699. The summed E-state index contributed by atoms with van der Waals surface area (Å²) in [4.78, 5) is 17.2. The highest BCUT2D eigenvalue weighted by Crippen LogP contribution is 2.29. The number of nitrogens with zero attached hydrogens (tertiary/aromatic N) is 2. The van der Waals surface area contributed by atoms with Gasteiger partial charge in [-0.25, -0.2) is 0 Å². The Morgan fingerprint density at radius 2 is 1.57 bits per heavy atom. The van der Waals surface area contributed by atoms with Crippen LogP contribution < -0.4 is 9.47 Å². The Labute approximate surface area is 171 Å². The van der Waals surface area contributed by atoms with Crippen LogP contribution in [0.3, 0.4) is 0 Å². The SMILES string of the molecule is CCOc1ccc(C(=O)N2CCN(Cc3ccc(Cl)cc3)CC2)cc1OCC. The maximum Gasteiger partial charge on any atom is 0.254 e. The molecule has 0 aliphatic carbocycles. The van der Waals surface area contributed by atoms with Gasteiger partial charge in [-0.3, -0.25) is 9.69 Å². The van der Waals surface area contributed by atoms with E-state index < -0.39 is 0 Å². The summed E-state index contributed by atoms with van der Waals surface area (Å²) in [7, 11) is 0. The summed E-state index contributed by atoms with van der Waals surface area (Å²) in [5.74, 6) is 1.33. The van der Waals surface area contributed by atoms with E-state index in [1.54, 1.807) is 6.07 Å². The largest absolute Gasteiger partial charge is 0.490 e. The number of carbonyl (C=O) groups is 1. The summed E-state index contributed by atoms with van der Waals surface area (Å²) in [5, 5.41) is 0.751. The zero-order valence-electron chi connectivity index (χ0n) is 16.5. The molecule has 0 bridgehead atoms. The molecular formula is C22H27ClN2O3. The van der Waals surface area contributed by atoms with Crippen LogP contribution in [0.2, 0.25) is 5.02 Å². The third-order valence-electron chi connectivity index (χ3n) is 4.77. The van der Waals surface area contributed by atoms with Crippen molar-refractivity contribution < 1.29 is 14.3 Å². The molecule has 28 heavy (non-hydrogen) atoms. The Morgan fingerprint density at radius 1 is 0.929 bits per heavy atom. The monoisotopic (exact) mass is 402 g/mol. The van der Waals surface area contributed by atoms with Crippen molar-refractivity contribution in [3.05, 3.63) is 58.6 Å². The van der Waals surface area contributed by atoms with Crippen LogP contribution in [0.4, 0.5) is 0 Å². The van der Waals surface area contributed by atoms with E-state index in [0.717, 1.165) is 24.7 Å². The smallest absolute Gasteiger partial charge is 0.254 e. The Hall–Kier alpha value is -2.24. The maximum absolute atomic E-state index is 12.9. The van der Waals surface area contributed by atoms with Crippen molar-refractivity contribution in [1.82, 2.24) is 9.80 Å². The van der Waals surface area contributed by atoms with Crippen LogP contribution in [0, 0.1) is 0 Å². The number of piperazine rings is 1. The van der Waals surface area contributed by atoms with Gasteiger partial charge in [0.25, 0.3) is 5.91 Å². The highest BCUT2D eigenvalue weighted by Gasteiger charge is 2.23. The highest BCUT2D eigenvalue weighted by molar-refractivity contribution is 6.30. The molecule has 1 amide bonds. The Bertz CT molecular complexity index is 787. The highest BCUT2D eigenvalue weighted by atomic mass is 35.5. The summed E-state index contributed by atoms with van der Waals surface area (Å²) >= 11 is 5.95. The lowest BCUT2D eigenvalue weighted by molar-refractivity contribution is 0.0628. The number of carbonyl (C=O) groups excluding carboxylic acids is 1. The summed E-state index contributed by atoms with van der Waals surface area (Å²) in [5.41, 5.74) is 1.87. The zero-order chi connectivity index (χ0) is 19.9. The zero-order valence-corrected chi connectivity index (χ0v) is 17.2. The van der Waals surface area contributed by atoms with Gasteiger partial charge in [-0.2, -0.15) is 0 Å². The minimum absolute atomic E-state index is 0.0372. The maximum atomic E-state index is 12.9. The predicted octanol–water partition coefficient (Wildman–Crippen LogP) is 4.10. The minimum atomic E-state index is 0.0372. The molecule has 1 fully saturated rings. The van der Waals surface area contributed by atoms with Crippen molar-refractivity contribution >= 4 is 17.5 Å². The number of halogens is 1. The lowest BCUT2D eigenvalue weighted by atomic mass is 10.1. The summed E-state index contributed by atoms with van der Waals surface area (Å²) in [6, 6.07) is 13.4. The molecule has 3 rings (SSSR count). The van der Waals surface area contributed by atoms with E-state index >= 15 is 0 Å². The van der Waals surface area contributed by atoms with E-state index in [9.17, 15) is 4.79 Å². The van der Waals surface area contributed by atoms with Gasteiger partial charge in [-0.05, 0) is 49.7 Å². The van der Waals surface area contributed by atoms with Gasteiger partial charge in [0.1, 0.15) is 0 Å². The molecule has 150 valence electrons. The first-order chi connectivity index (χ1) is 13.6. The Morgan fingerprint density at radius 3 is 2.21 bits per heavy atom. The number of benzene rings is 2. The van der Waals surface area contributed by atoms with Crippen LogP contribution in [0.1, 0.15) is 29.8 Å². The fourth-order valence-corrected chi connectivity index (χ4v) is 3.45. The van der Waals surface area contributed by atoms with Crippen molar-refractivity contribution in [3.63, 3.8) is 0 Å². The second-order valence-electron chi connectivity index (χ2n) is 6.72. The Kier molecular flexibility index (Phi) is 7.18. The number of hydrogen-bond donors (Lipinski definition) is 0. The van der Waals surface area contributed by atoms with Crippen LogP contribution >= 0.6 is 11.6 Å². The topological polar surface area (TPSA) is 42.0 Å². The molecule has 0 radical (unpaired) electrons. The van der Waals surface area contributed by atoms with Gasteiger partial charge in [-0.1, -0.05) is 23.7 Å². The lowest BCUT2D eigenvalue weighted by Crippen LogP contribution is -2.48. The molecule has 1 saturated heterocycles. The molecule has 0 atom stereocenters. The molecule has 5 nitrogen and oxygen atoms in total. The third kappa shape index (κ3) is 5.18. The summed E-state index contributed by atoms with van der Waals surface area (Å²) in [6.45, 7) is 8.93. The minimum Gasteiger partial charge on any atom is -0.490 e. The van der Waals surface area contributed by atoms with Crippen molar-refractivity contribution in [3.8, 4) is 11.5 Å². The molecular weight excluding hydrogens is 376 g/mol. The summed E-state index contributed by atoms with van der Waals surface area (Å²) < 4.78 is 11.2. The number of amides is 1. The molecule has 1 aliphatic rings. The first-order valence-electron chi connectivity index (χ1n) is 9.76. The van der Waals surface area contributed by atoms with Crippen molar-refractivity contribution in [1.29, 1.82) is 0 Å². The molecule has 2 aromatic carbocycles. The van der Waals surface area contributed by atoms with E-state index in [2.05, 4.69) is 17.0 Å². The predicted molar refractivity (Wildman–Crippen MR) is 111 cm³/mol. The molecule has 0 saturated carbocycles. The standard InChI is InChI=1S/C22H27ClN2O3/c1-3-27-20-10-7-18(15-21(20)28-4-2)22(26)25-13-11-24(12-14-25)16-17-5-8-19(23)9-6-17/h5-10,15H,3-4,11-14,16H2,1-2H3. The van der Waals surface area contributed by atoms with Crippen LogP contribution in [0.5, 0.6) is 11.5 Å². The molecule has 6 heteroatoms. The molecule has 0 unspecified atom stereocenters. The van der Waals surface area contributed by atoms with Crippen molar-refractivity contribution in [2.24, 2.45) is 0 Å². The average molecular weight is 403 g/mol. The van der Waals surface area contributed by atoms with E-state index in [4.69, 9.17) is 21.1 Å². The van der Waals surface area contributed by atoms with E-state index in [1.165, 1.54) is 5.56 Å². The molecule has 0 N–H and O–H groups in total. The van der Waals surface area contributed by atoms with Gasteiger partial charge in [0.05, 0.1) is 13.2 Å². The second-order valence-corrected chi connectivity index (χ2v) is 7.16. The lowest BCUT2D eigenvalue weighted by Gasteiger charge is -2.35. The first-order valence-corrected chi connectivity index (χ1v) is 10.1. The second kappa shape index (κ2) is 9.80. The molecule has 0 aromatic heterocycles. The van der Waals surface area contributed by atoms with Crippen molar-refractivity contribution in [2.45, 2.75) is 20.4 Å². The average Bonchev–Trinajstić information content (AvgIpc) is 2.71. The van der Waals surface area contributed by atoms with E-state index in [0.29, 0.717) is 43.4 Å². The van der Waals surface area contributed by atoms with Crippen LogP contribution in [-0.4, -0.2) is 55.1 Å². The number of hydrogen-bond acceptors (Lipinski definition) is 4. The number of ether oxygens (including phenoxy) is 2. The fourth-order valence-electron chi connectivity index (χ4n) is 3.32. The van der Waals surface area contributed by atoms with Gasteiger partial charge in [0.15, 0.2) is 11.5 Å². The first kappa shape index (κ1) is 20.5. The van der Waals surface area contributed by atoms with E-state index in [-0.39, 0.29) is 5.91 Å². The molecule has 2 aromatic rings. The summed E-state index contributed by atoms with van der Waals surface area (Å²) in [6.07, 6.45) is 0. The third-order valence-corrected chi connectivity index (χ3v) is 5.02. The van der Waals surface area contributed by atoms with Crippen LogP contribution in [0.25, 0.3) is 0 Å². The van der Waals surface area contributed by atoms with Crippen molar-refractivity contribution in [2.75, 3.05) is 39.4 Å². The Balaban J connectivity index is 1.60. The normalized spacial score (nSPS) is 14.8. The van der Waals surface area contributed by atoms with E-state index in [1.807, 2.05) is 43.0 Å². The van der Waals surface area contributed by atoms with Gasteiger partial charge in [-0.15, -0.1) is 0 Å². The molecule has 1 heterocycles. The molecule has 1 aliphatic heterocycles. The van der Waals surface area contributed by atoms with Crippen LogP contribution in [-0.2, 0) is 6.54 Å². The van der Waals surface area contributed by atoms with Gasteiger partial charge < -0.3 is 14.4 Å². The molecule has 0 spiro atoms. The van der Waals surface area contributed by atoms with Gasteiger partial charge >= 0.3 is 0 Å². The fraction of sp³-hybridized carbons (Fsp3) is 0.409. The van der Waals surface area contributed by atoms with Crippen LogP contribution in [0.15, 0.2) is 42.5 Å². The number of rotatable bonds is 7. The van der Waals surface area contributed by atoms with Gasteiger partial charge in [0, 0.05) is 43.3 Å².